The van der Waals surface area contributed by atoms with Crippen LogP contribution in [-0.2, 0) is 6.42 Å². The van der Waals surface area contributed by atoms with E-state index in [0.29, 0.717) is 10.8 Å². The molecule has 108 valence electrons. The van der Waals surface area contributed by atoms with Crippen molar-refractivity contribution < 1.29 is 4.79 Å². The summed E-state index contributed by atoms with van der Waals surface area (Å²) in [5.41, 5.74) is 2.30. The van der Waals surface area contributed by atoms with Gasteiger partial charge in [0.05, 0.1) is 5.52 Å². The van der Waals surface area contributed by atoms with Crippen LogP contribution in [0.2, 0.25) is 0 Å². The van der Waals surface area contributed by atoms with Gasteiger partial charge in [0.1, 0.15) is 5.01 Å². The van der Waals surface area contributed by atoms with E-state index in [1.165, 1.54) is 11.3 Å². The summed E-state index contributed by atoms with van der Waals surface area (Å²) in [6.45, 7) is 4.06. The molecule has 7 heteroatoms. The maximum absolute atomic E-state index is 12.3. The Labute approximate surface area is 125 Å². The molecule has 0 aliphatic carbocycles. The third-order valence-electron chi connectivity index (χ3n) is 3.08. The second kappa shape index (κ2) is 5.61. The summed E-state index contributed by atoms with van der Waals surface area (Å²) in [6.07, 6.45) is 1.88. The number of aromatic nitrogens is 4. The fourth-order valence-electron chi connectivity index (χ4n) is 2.08. The zero-order chi connectivity index (χ0) is 14.8. The molecule has 0 saturated heterocycles. The van der Waals surface area contributed by atoms with E-state index in [4.69, 9.17) is 0 Å². The van der Waals surface area contributed by atoms with E-state index in [2.05, 4.69) is 32.6 Å². The van der Waals surface area contributed by atoms with Gasteiger partial charge in [-0.05, 0) is 25.5 Å². The number of aromatic amines is 1. The van der Waals surface area contributed by atoms with Crippen LogP contribution in [0.15, 0.2) is 18.2 Å². The predicted molar refractivity (Wildman–Crippen MR) is 82.7 cm³/mol. The van der Waals surface area contributed by atoms with Crippen molar-refractivity contribution >= 4 is 33.3 Å². The number of rotatable bonds is 4. The minimum absolute atomic E-state index is 0.272. The van der Waals surface area contributed by atoms with Crippen LogP contribution in [0, 0.1) is 6.92 Å². The molecule has 2 heterocycles. The van der Waals surface area contributed by atoms with Gasteiger partial charge in [0.25, 0.3) is 5.91 Å². The molecule has 6 nitrogen and oxygen atoms in total. The number of anilines is 1. The highest BCUT2D eigenvalue weighted by Crippen LogP contribution is 2.21. The molecule has 3 aromatic rings. The number of aryl methyl sites for hydroxylation is 2. The van der Waals surface area contributed by atoms with Gasteiger partial charge in [-0.2, -0.15) is 5.10 Å². The third kappa shape index (κ3) is 2.78. The Balaban J connectivity index is 1.84. The molecule has 0 atom stereocenters. The first kappa shape index (κ1) is 13.7. The molecule has 1 amide bonds. The molecule has 2 aromatic heterocycles. The summed E-state index contributed by atoms with van der Waals surface area (Å²) in [4.78, 5) is 12.3. The van der Waals surface area contributed by atoms with Crippen molar-refractivity contribution in [3.05, 3.63) is 34.5 Å². The van der Waals surface area contributed by atoms with E-state index >= 15 is 0 Å². The second-order valence-corrected chi connectivity index (χ2v) is 5.89. The number of fused-ring (bicyclic) bond motifs is 1. The minimum Gasteiger partial charge on any atom is -0.295 e. The van der Waals surface area contributed by atoms with Gasteiger partial charge in [0.2, 0.25) is 5.13 Å². The maximum Gasteiger partial charge on any atom is 0.278 e. The van der Waals surface area contributed by atoms with E-state index in [9.17, 15) is 4.79 Å². The molecule has 0 aliphatic heterocycles. The van der Waals surface area contributed by atoms with Gasteiger partial charge >= 0.3 is 0 Å². The van der Waals surface area contributed by atoms with Gasteiger partial charge < -0.3 is 0 Å². The summed E-state index contributed by atoms with van der Waals surface area (Å²) < 4.78 is 0. The molecule has 0 aliphatic rings. The average molecular weight is 301 g/mol. The first-order valence-electron chi connectivity index (χ1n) is 6.76. The predicted octanol–water partition coefficient (Wildman–Crippen LogP) is 2.93. The fraction of sp³-hybridized carbons (Fsp3) is 0.286. The van der Waals surface area contributed by atoms with Crippen molar-refractivity contribution in [3.8, 4) is 0 Å². The first-order chi connectivity index (χ1) is 10.2. The Hall–Kier alpha value is -2.28. The Morgan fingerprint density at radius 1 is 1.38 bits per heavy atom. The van der Waals surface area contributed by atoms with Crippen LogP contribution in [-0.4, -0.2) is 26.3 Å². The number of nitrogens with zero attached hydrogens (tertiary/aromatic N) is 3. The lowest BCUT2D eigenvalue weighted by Crippen LogP contribution is -2.12. The lowest BCUT2D eigenvalue weighted by atomic mass is 10.1. The monoisotopic (exact) mass is 301 g/mol. The van der Waals surface area contributed by atoms with Gasteiger partial charge in [-0.3, -0.25) is 15.2 Å². The number of H-pyrrole nitrogens is 1. The second-order valence-electron chi connectivity index (χ2n) is 4.83. The highest BCUT2D eigenvalue weighted by atomic mass is 32.1. The van der Waals surface area contributed by atoms with E-state index in [-0.39, 0.29) is 5.91 Å². The summed E-state index contributed by atoms with van der Waals surface area (Å²) in [6, 6.07) is 5.83. The van der Waals surface area contributed by atoms with E-state index in [1.54, 1.807) is 0 Å². The molecule has 0 spiro atoms. The largest absolute Gasteiger partial charge is 0.295 e. The third-order valence-corrected chi connectivity index (χ3v) is 3.98. The van der Waals surface area contributed by atoms with Crippen molar-refractivity contribution in [2.45, 2.75) is 26.7 Å². The minimum atomic E-state index is -0.272. The van der Waals surface area contributed by atoms with Crippen LogP contribution in [0.5, 0.6) is 0 Å². The molecule has 0 radical (unpaired) electrons. The Kier molecular flexibility index (Phi) is 3.66. The lowest BCUT2D eigenvalue weighted by Gasteiger charge is -1.98. The quantitative estimate of drug-likeness (QED) is 0.776. The van der Waals surface area contributed by atoms with E-state index < -0.39 is 0 Å². The summed E-state index contributed by atoms with van der Waals surface area (Å²) in [5, 5.41) is 20.0. The molecule has 0 bridgehead atoms. The zero-order valence-electron chi connectivity index (χ0n) is 11.8. The summed E-state index contributed by atoms with van der Waals surface area (Å²) >= 11 is 1.40. The van der Waals surface area contributed by atoms with Crippen LogP contribution in [0.3, 0.4) is 0 Å². The number of hydrogen-bond donors (Lipinski definition) is 2. The molecule has 21 heavy (non-hydrogen) atoms. The van der Waals surface area contributed by atoms with Crippen LogP contribution in [0.4, 0.5) is 5.13 Å². The van der Waals surface area contributed by atoms with Crippen LogP contribution in [0.1, 0.15) is 34.4 Å². The molecule has 2 N–H and O–H groups in total. The molecule has 3 rings (SSSR count). The molecule has 0 saturated carbocycles. The number of hydrogen-bond acceptors (Lipinski definition) is 5. The fourth-order valence-corrected chi connectivity index (χ4v) is 2.91. The highest BCUT2D eigenvalue weighted by Gasteiger charge is 2.16. The number of nitrogens with one attached hydrogen (secondary N) is 2. The standard InChI is InChI=1S/C14H15N5OS/c1-3-4-11-17-19-14(21-11)15-13(20)12-9-7-8(2)5-6-10(9)16-18-12/h5-7H,3-4H2,1-2H3,(H,16,18)(H,15,19,20). The molecule has 1 aromatic carbocycles. The zero-order valence-corrected chi connectivity index (χ0v) is 12.6. The van der Waals surface area contributed by atoms with E-state index in [1.807, 2.05) is 25.1 Å². The normalized spacial score (nSPS) is 11.0. The van der Waals surface area contributed by atoms with Crippen LogP contribution in [0.25, 0.3) is 10.9 Å². The summed E-state index contributed by atoms with van der Waals surface area (Å²) in [5.74, 6) is -0.272. The maximum atomic E-state index is 12.3. The van der Waals surface area contributed by atoms with Crippen molar-refractivity contribution in [2.75, 3.05) is 5.32 Å². The molecular weight excluding hydrogens is 286 g/mol. The highest BCUT2D eigenvalue weighted by molar-refractivity contribution is 7.15. The number of amides is 1. The Morgan fingerprint density at radius 3 is 3.05 bits per heavy atom. The van der Waals surface area contributed by atoms with Crippen molar-refractivity contribution in [2.24, 2.45) is 0 Å². The van der Waals surface area contributed by atoms with Crippen LogP contribution >= 0.6 is 11.3 Å². The number of carbonyl (C=O) groups excluding carboxylic acids is 1. The summed E-state index contributed by atoms with van der Waals surface area (Å²) in [7, 11) is 0. The number of carbonyl (C=O) groups is 1. The van der Waals surface area contributed by atoms with Crippen LogP contribution < -0.4 is 5.32 Å². The Morgan fingerprint density at radius 2 is 2.24 bits per heavy atom. The van der Waals surface area contributed by atoms with Gasteiger partial charge in [-0.1, -0.05) is 29.9 Å². The lowest BCUT2D eigenvalue weighted by molar-refractivity contribution is 0.102. The van der Waals surface area contributed by atoms with Gasteiger partial charge in [0.15, 0.2) is 5.69 Å². The number of benzene rings is 1. The van der Waals surface area contributed by atoms with E-state index in [0.717, 1.165) is 34.3 Å². The first-order valence-corrected chi connectivity index (χ1v) is 7.57. The smallest absolute Gasteiger partial charge is 0.278 e. The van der Waals surface area contributed by atoms with Gasteiger partial charge in [-0.15, -0.1) is 10.2 Å². The molecule has 0 unspecified atom stereocenters. The van der Waals surface area contributed by atoms with Crippen molar-refractivity contribution in [3.63, 3.8) is 0 Å². The molecular formula is C14H15N5OS. The van der Waals surface area contributed by atoms with Gasteiger partial charge in [-0.25, -0.2) is 0 Å². The Bertz CT molecular complexity index is 792. The molecule has 0 fully saturated rings. The van der Waals surface area contributed by atoms with Gasteiger partial charge in [0, 0.05) is 11.8 Å². The topological polar surface area (TPSA) is 83.6 Å². The van der Waals surface area contributed by atoms with Crippen molar-refractivity contribution in [1.82, 2.24) is 20.4 Å². The van der Waals surface area contributed by atoms with Crippen molar-refractivity contribution in [1.29, 1.82) is 0 Å². The SMILES string of the molecule is CCCc1nnc(NC(=O)c2n[nH]c3ccc(C)cc23)s1. The average Bonchev–Trinajstić information content (AvgIpc) is 3.05.